The lowest BCUT2D eigenvalue weighted by atomic mass is 10.1. The Hall–Kier alpha value is -1.30. The van der Waals surface area contributed by atoms with Gasteiger partial charge in [-0.2, -0.15) is 0 Å². The Morgan fingerprint density at radius 2 is 2.33 bits per heavy atom. The predicted octanol–water partition coefficient (Wildman–Crippen LogP) is 2.62. The summed E-state index contributed by atoms with van der Waals surface area (Å²) in [5, 5.41) is 5.20. The molecule has 0 aliphatic carbocycles. The topological polar surface area (TPSA) is 39.7 Å². The average Bonchev–Trinajstić information content (AvgIpc) is 2.75. The van der Waals surface area contributed by atoms with Gasteiger partial charge in [0.1, 0.15) is 11.5 Å². The number of halogens is 3. The third-order valence-electron chi connectivity index (χ3n) is 3.13. The van der Waals surface area contributed by atoms with Crippen LogP contribution in [0.4, 0.5) is 4.39 Å². The molecular weight excluding hydrogens is 406 g/mol. The summed E-state index contributed by atoms with van der Waals surface area (Å²) in [6.45, 7) is 2.20. The molecule has 7 heteroatoms. The third-order valence-corrected chi connectivity index (χ3v) is 4.04. The van der Waals surface area contributed by atoms with Gasteiger partial charge >= 0.3 is 0 Å². The summed E-state index contributed by atoms with van der Waals surface area (Å²) in [7, 11) is 0. The van der Waals surface area contributed by atoms with Crippen LogP contribution in [0.15, 0.2) is 35.0 Å². The molecule has 0 radical (unpaired) electrons. The number of benzene rings is 1. The monoisotopic (exact) mass is 416 g/mol. The zero-order valence-corrected chi connectivity index (χ0v) is 14.0. The zero-order valence-electron chi connectivity index (χ0n) is 11.0. The Labute approximate surface area is 140 Å². The molecule has 2 aliphatic heterocycles. The van der Waals surface area contributed by atoms with Gasteiger partial charge in [0.25, 0.3) is 0 Å². The van der Waals surface area contributed by atoms with Crippen molar-refractivity contribution in [2.75, 3.05) is 6.67 Å². The number of rotatable bonds is 1. The van der Waals surface area contributed by atoms with E-state index in [1.165, 1.54) is 12.1 Å². The smallest absolute Gasteiger partial charge is 0.234 e. The number of nitrogens with zero attached hydrogens (tertiary/aromatic N) is 2. The number of alkyl halides is 1. The van der Waals surface area contributed by atoms with Crippen molar-refractivity contribution in [3.63, 3.8) is 0 Å². The van der Waals surface area contributed by atoms with Gasteiger partial charge in [0.05, 0.1) is 12.4 Å². The normalized spacial score (nSPS) is 24.0. The number of hydrogen-bond acceptors (Lipinski definition) is 4. The largest absolute Gasteiger partial charge is 0.333 e. The lowest BCUT2D eigenvalue weighted by Gasteiger charge is -2.29. The van der Waals surface area contributed by atoms with E-state index in [9.17, 15) is 4.39 Å². The minimum absolute atomic E-state index is 0.306. The number of fused-ring (bicyclic) bond motifs is 1. The Bertz CT molecular complexity index is 721. The lowest BCUT2D eigenvalue weighted by molar-refractivity contribution is 0.543. The molecule has 0 bridgehead atoms. The first kappa shape index (κ1) is 14.6. The molecule has 1 saturated heterocycles. The molecule has 0 amide bonds. The highest BCUT2D eigenvalue weighted by atomic mass is 127. The van der Waals surface area contributed by atoms with Gasteiger partial charge in [-0.25, -0.2) is 9.38 Å². The summed E-state index contributed by atoms with van der Waals surface area (Å²) in [5.74, 6) is 2.54. The fraction of sp³-hybridized carbons (Fsp3) is 0.214. The first-order valence-corrected chi connectivity index (χ1v) is 7.66. The van der Waals surface area contributed by atoms with Crippen LogP contribution in [0.2, 0.25) is 0 Å². The second-order valence-corrected chi connectivity index (χ2v) is 6.08. The maximum Gasteiger partial charge on any atom is 0.234 e. The molecular formula is C14H11ClFIN4. The molecule has 2 heterocycles. The van der Waals surface area contributed by atoms with Crippen molar-refractivity contribution in [3.8, 4) is 12.0 Å². The molecule has 1 fully saturated rings. The van der Waals surface area contributed by atoms with E-state index in [-0.39, 0.29) is 5.82 Å². The van der Waals surface area contributed by atoms with Crippen molar-refractivity contribution >= 4 is 43.7 Å². The van der Waals surface area contributed by atoms with Gasteiger partial charge in [-0.05, 0) is 41.6 Å². The van der Waals surface area contributed by atoms with Gasteiger partial charge in [0.15, 0.2) is 3.84 Å². The zero-order chi connectivity index (χ0) is 15.0. The second-order valence-electron chi connectivity index (χ2n) is 4.51. The minimum Gasteiger partial charge on any atom is -0.333 e. The predicted molar refractivity (Wildman–Crippen MR) is 89.8 cm³/mol. The lowest BCUT2D eigenvalue weighted by Crippen LogP contribution is -2.40. The van der Waals surface area contributed by atoms with Crippen molar-refractivity contribution in [2.24, 2.45) is 4.99 Å². The van der Waals surface area contributed by atoms with E-state index in [0.717, 1.165) is 0 Å². The molecule has 21 heavy (non-hydrogen) atoms. The quantitative estimate of drug-likeness (QED) is 0.320. The maximum atomic E-state index is 13.5. The molecule has 1 aromatic carbocycles. The van der Waals surface area contributed by atoms with Crippen LogP contribution in [-0.2, 0) is 0 Å². The van der Waals surface area contributed by atoms with E-state index in [2.05, 4.69) is 50.2 Å². The van der Waals surface area contributed by atoms with Gasteiger partial charge in [-0.15, -0.1) is 0 Å². The molecule has 0 spiro atoms. The molecule has 0 aromatic heterocycles. The summed E-state index contributed by atoms with van der Waals surface area (Å²) in [6, 6.07) is 9.31. The summed E-state index contributed by atoms with van der Waals surface area (Å²) in [6.07, 6.45) is 0. The van der Waals surface area contributed by atoms with Crippen molar-refractivity contribution < 1.29 is 4.39 Å². The van der Waals surface area contributed by atoms with Crippen LogP contribution in [0.5, 0.6) is 0 Å². The maximum absolute atomic E-state index is 13.5. The van der Waals surface area contributed by atoms with Crippen molar-refractivity contribution in [1.82, 2.24) is 15.5 Å². The van der Waals surface area contributed by atoms with Crippen molar-refractivity contribution in [3.05, 3.63) is 41.3 Å². The number of nitrogens with one attached hydrogen (secondary N) is 2. The molecule has 1 atom stereocenters. The van der Waals surface area contributed by atoms with Gasteiger partial charge in [-0.1, -0.05) is 29.7 Å². The molecule has 2 aliphatic rings. The highest BCUT2D eigenvalue weighted by Crippen LogP contribution is 2.39. The molecule has 4 nitrogen and oxygen atoms in total. The molecule has 2 N–H and O–H groups in total. The van der Waals surface area contributed by atoms with E-state index in [0.29, 0.717) is 27.5 Å². The highest BCUT2D eigenvalue weighted by Gasteiger charge is 2.45. The van der Waals surface area contributed by atoms with Gasteiger partial charge < -0.3 is 5.32 Å². The van der Waals surface area contributed by atoms with Gasteiger partial charge in [0, 0.05) is 11.6 Å². The van der Waals surface area contributed by atoms with Crippen molar-refractivity contribution in [2.45, 2.75) is 12.0 Å². The first-order valence-electron chi connectivity index (χ1n) is 6.20. The van der Waals surface area contributed by atoms with Crippen LogP contribution in [-0.4, -0.2) is 20.5 Å². The van der Waals surface area contributed by atoms with E-state index in [1.807, 2.05) is 6.07 Å². The summed E-state index contributed by atoms with van der Waals surface area (Å²) in [4.78, 5) is 6.18. The van der Waals surface area contributed by atoms with E-state index >= 15 is 0 Å². The SMILES string of the molecule is CC#CN1CNC2(Cl)N=C(I)NC(c3cccc(F)c3)=C12. The average molecular weight is 417 g/mol. The van der Waals surface area contributed by atoms with Crippen LogP contribution >= 0.6 is 34.2 Å². The van der Waals surface area contributed by atoms with Gasteiger partial charge in [-0.3, -0.25) is 10.2 Å². The van der Waals surface area contributed by atoms with E-state index < -0.39 is 5.12 Å². The Morgan fingerprint density at radius 1 is 1.52 bits per heavy atom. The summed E-state index contributed by atoms with van der Waals surface area (Å²) in [5.41, 5.74) is 2.09. The van der Waals surface area contributed by atoms with Crippen molar-refractivity contribution in [1.29, 1.82) is 0 Å². The third kappa shape index (κ3) is 2.61. The molecule has 108 valence electrons. The highest BCUT2D eigenvalue weighted by molar-refractivity contribution is 14.1. The fourth-order valence-electron chi connectivity index (χ4n) is 2.33. The molecule has 1 unspecified atom stereocenters. The number of amidine groups is 1. The molecule has 0 saturated carbocycles. The van der Waals surface area contributed by atoms with Crippen LogP contribution in [0.1, 0.15) is 12.5 Å². The minimum atomic E-state index is -1.08. The fourth-order valence-corrected chi connectivity index (χ4v) is 3.44. The molecule has 1 aromatic rings. The van der Waals surface area contributed by atoms with Crippen LogP contribution in [0.3, 0.4) is 0 Å². The van der Waals surface area contributed by atoms with Crippen LogP contribution < -0.4 is 10.6 Å². The van der Waals surface area contributed by atoms with Crippen LogP contribution in [0.25, 0.3) is 5.70 Å². The van der Waals surface area contributed by atoms with E-state index in [1.54, 1.807) is 17.9 Å². The number of aliphatic imine (C=N–C) groups is 1. The van der Waals surface area contributed by atoms with Crippen LogP contribution in [0, 0.1) is 17.8 Å². The summed E-state index contributed by atoms with van der Waals surface area (Å²) >= 11 is 8.63. The standard InChI is InChI=1S/C14H11ClFIN4/c1-2-6-21-8-18-14(15)12(21)11(19-13(17)20-14)9-4-3-5-10(16)7-9/h3-5,7,18H,8H2,1H3,(H,19,20). The molecule has 3 rings (SSSR count). The van der Waals surface area contributed by atoms with Gasteiger partial charge in [0.2, 0.25) is 5.12 Å². The first-order chi connectivity index (χ1) is 10.0. The number of hydrogen-bond donors (Lipinski definition) is 2. The Kier molecular flexibility index (Phi) is 3.82. The second kappa shape index (κ2) is 5.48. The Balaban J connectivity index is 2.19. The summed E-state index contributed by atoms with van der Waals surface area (Å²) < 4.78 is 14.2. The van der Waals surface area contributed by atoms with E-state index in [4.69, 9.17) is 11.6 Å². The Morgan fingerprint density at radius 3 is 3.05 bits per heavy atom.